The zero-order chi connectivity index (χ0) is 13.2. The molecule has 3 rings (SSSR count). The van der Waals surface area contributed by atoms with E-state index in [-0.39, 0.29) is 0 Å². The Bertz CT molecular complexity index is 575. The lowest BCUT2D eigenvalue weighted by atomic mass is 10.1. The maximum Gasteiger partial charge on any atom is 0.160 e. The Balaban J connectivity index is 1.88. The van der Waals surface area contributed by atoms with Crippen LogP contribution in [-0.4, -0.2) is 27.7 Å². The fourth-order valence-corrected chi connectivity index (χ4v) is 2.81. The van der Waals surface area contributed by atoms with Crippen LogP contribution in [-0.2, 0) is 17.2 Å². The van der Waals surface area contributed by atoms with Crippen molar-refractivity contribution >= 4 is 22.8 Å². The van der Waals surface area contributed by atoms with Crippen molar-refractivity contribution in [2.24, 2.45) is 5.92 Å². The predicted octanol–water partition coefficient (Wildman–Crippen LogP) is 2.91. The van der Waals surface area contributed by atoms with Gasteiger partial charge in [-0.3, -0.25) is 0 Å². The second-order valence-corrected chi connectivity index (χ2v) is 5.39. The van der Waals surface area contributed by atoms with Gasteiger partial charge in [-0.15, -0.1) is 11.6 Å². The number of aromatic nitrogens is 3. The number of nitrogens with zero attached hydrogens (tertiary/aromatic N) is 3. The highest BCUT2D eigenvalue weighted by atomic mass is 35.5. The number of imidazole rings is 1. The molecule has 19 heavy (non-hydrogen) atoms. The second kappa shape index (κ2) is 5.47. The molecule has 1 unspecified atom stereocenters. The van der Waals surface area contributed by atoms with Crippen LogP contribution in [0, 0.1) is 12.8 Å². The van der Waals surface area contributed by atoms with Gasteiger partial charge in [0, 0.05) is 25.5 Å². The number of aryl methyl sites for hydroxylation is 2. The number of fused-ring (bicyclic) bond motifs is 1. The summed E-state index contributed by atoms with van der Waals surface area (Å²) in [6, 6.07) is 4.01. The number of alkyl halides is 1. The van der Waals surface area contributed by atoms with Crippen molar-refractivity contribution in [3.63, 3.8) is 0 Å². The van der Waals surface area contributed by atoms with E-state index in [2.05, 4.69) is 14.5 Å². The van der Waals surface area contributed by atoms with Gasteiger partial charge in [0.05, 0.1) is 5.88 Å². The zero-order valence-electron chi connectivity index (χ0n) is 11.1. The lowest BCUT2D eigenvalue weighted by molar-refractivity contribution is 0.183. The summed E-state index contributed by atoms with van der Waals surface area (Å²) in [7, 11) is 0. The van der Waals surface area contributed by atoms with Crippen molar-refractivity contribution in [3.05, 3.63) is 23.7 Å². The Kier molecular flexibility index (Phi) is 3.71. The van der Waals surface area contributed by atoms with Crippen molar-refractivity contribution in [1.82, 2.24) is 14.5 Å². The van der Waals surface area contributed by atoms with Gasteiger partial charge in [-0.25, -0.2) is 9.97 Å². The number of hydrogen-bond donors (Lipinski definition) is 0. The summed E-state index contributed by atoms with van der Waals surface area (Å²) in [6.07, 6.45) is 2.26. The summed E-state index contributed by atoms with van der Waals surface area (Å²) >= 11 is 6.00. The Hall–Kier alpha value is -1.13. The lowest BCUT2D eigenvalue weighted by Gasteiger charge is -2.10. The highest BCUT2D eigenvalue weighted by Gasteiger charge is 2.17. The molecule has 3 heterocycles. The predicted molar refractivity (Wildman–Crippen MR) is 75.4 cm³/mol. The van der Waals surface area contributed by atoms with Gasteiger partial charge >= 0.3 is 0 Å². The zero-order valence-corrected chi connectivity index (χ0v) is 11.9. The first kappa shape index (κ1) is 12.9. The number of ether oxygens (including phenoxy) is 1. The van der Waals surface area contributed by atoms with E-state index in [1.54, 1.807) is 0 Å². The van der Waals surface area contributed by atoms with Gasteiger partial charge in [0.2, 0.25) is 0 Å². The Labute approximate surface area is 117 Å². The summed E-state index contributed by atoms with van der Waals surface area (Å²) in [6.45, 7) is 4.70. The quantitative estimate of drug-likeness (QED) is 0.808. The molecule has 1 atom stereocenters. The molecular weight excluding hydrogens is 262 g/mol. The molecule has 4 nitrogen and oxygen atoms in total. The molecule has 1 aliphatic heterocycles. The van der Waals surface area contributed by atoms with E-state index in [9.17, 15) is 0 Å². The molecule has 0 aromatic carbocycles. The van der Waals surface area contributed by atoms with E-state index in [4.69, 9.17) is 16.3 Å². The van der Waals surface area contributed by atoms with Crippen LogP contribution in [0.25, 0.3) is 11.2 Å². The fraction of sp³-hybridized carbons (Fsp3) is 0.571. The van der Waals surface area contributed by atoms with Crippen LogP contribution in [0.3, 0.4) is 0 Å². The molecule has 1 saturated heterocycles. The van der Waals surface area contributed by atoms with Crippen molar-refractivity contribution in [1.29, 1.82) is 0 Å². The first-order chi connectivity index (χ1) is 9.28. The molecule has 0 N–H and O–H groups in total. The van der Waals surface area contributed by atoms with E-state index in [0.717, 1.165) is 55.3 Å². The third-order valence-corrected chi connectivity index (χ3v) is 3.95. The highest BCUT2D eigenvalue weighted by Crippen LogP contribution is 2.21. The van der Waals surface area contributed by atoms with Gasteiger partial charge in [-0.1, -0.05) is 0 Å². The standard InChI is InChI=1S/C14H18ClN3O/c1-10-2-3-12-14(16-10)18(13(8-15)17-12)6-4-11-5-7-19-9-11/h2-3,11H,4-9H2,1H3. The van der Waals surface area contributed by atoms with E-state index in [1.807, 2.05) is 19.1 Å². The van der Waals surface area contributed by atoms with Crippen LogP contribution in [0.4, 0.5) is 0 Å². The van der Waals surface area contributed by atoms with E-state index < -0.39 is 0 Å². The molecule has 102 valence electrons. The van der Waals surface area contributed by atoms with Crippen LogP contribution in [0.2, 0.25) is 0 Å². The normalized spacial score (nSPS) is 19.4. The fourth-order valence-electron chi connectivity index (χ4n) is 2.60. The maximum absolute atomic E-state index is 6.00. The van der Waals surface area contributed by atoms with Crippen LogP contribution in [0.1, 0.15) is 24.4 Å². The van der Waals surface area contributed by atoms with Gasteiger partial charge < -0.3 is 9.30 Å². The molecular formula is C14H18ClN3O. The molecule has 5 heteroatoms. The number of halogens is 1. The van der Waals surface area contributed by atoms with Gasteiger partial charge in [-0.2, -0.15) is 0 Å². The summed E-state index contributed by atoms with van der Waals surface area (Å²) in [4.78, 5) is 9.15. The van der Waals surface area contributed by atoms with Crippen LogP contribution >= 0.6 is 11.6 Å². The second-order valence-electron chi connectivity index (χ2n) is 5.13. The number of pyridine rings is 1. The molecule has 0 saturated carbocycles. The molecule has 1 fully saturated rings. The van der Waals surface area contributed by atoms with Gasteiger partial charge in [0.15, 0.2) is 5.65 Å². The topological polar surface area (TPSA) is 39.9 Å². The third-order valence-electron chi connectivity index (χ3n) is 3.71. The molecule has 1 aliphatic rings. The molecule has 0 spiro atoms. The summed E-state index contributed by atoms with van der Waals surface area (Å²) in [5, 5.41) is 0. The lowest BCUT2D eigenvalue weighted by Crippen LogP contribution is -2.09. The monoisotopic (exact) mass is 279 g/mol. The Morgan fingerprint density at radius 2 is 2.32 bits per heavy atom. The summed E-state index contributed by atoms with van der Waals surface area (Å²) in [5.74, 6) is 2.00. The number of hydrogen-bond acceptors (Lipinski definition) is 3. The summed E-state index contributed by atoms with van der Waals surface area (Å²) < 4.78 is 7.58. The number of rotatable bonds is 4. The van der Waals surface area contributed by atoms with Gasteiger partial charge in [-0.05, 0) is 37.8 Å². The van der Waals surface area contributed by atoms with Crippen molar-refractivity contribution in [2.45, 2.75) is 32.2 Å². The van der Waals surface area contributed by atoms with E-state index >= 15 is 0 Å². The largest absolute Gasteiger partial charge is 0.381 e. The first-order valence-electron chi connectivity index (χ1n) is 6.74. The molecule has 0 amide bonds. The maximum atomic E-state index is 6.00. The van der Waals surface area contributed by atoms with Crippen molar-refractivity contribution < 1.29 is 4.74 Å². The van der Waals surface area contributed by atoms with E-state index in [1.165, 1.54) is 0 Å². The average Bonchev–Trinajstić information content (AvgIpc) is 3.03. The molecule has 0 bridgehead atoms. The molecule has 2 aromatic rings. The van der Waals surface area contributed by atoms with Crippen LogP contribution in [0.5, 0.6) is 0 Å². The average molecular weight is 280 g/mol. The Morgan fingerprint density at radius 1 is 1.42 bits per heavy atom. The van der Waals surface area contributed by atoms with Crippen molar-refractivity contribution in [2.75, 3.05) is 13.2 Å². The third kappa shape index (κ3) is 2.60. The van der Waals surface area contributed by atoms with Crippen LogP contribution < -0.4 is 0 Å². The first-order valence-corrected chi connectivity index (χ1v) is 7.28. The smallest absolute Gasteiger partial charge is 0.160 e. The molecule has 0 radical (unpaired) electrons. The van der Waals surface area contributed by atoms with E-state index in [0.29, 0.717) is 11.8 Å². The van der Waals surface area contributed by atoms with Crippen LogP contribution in [0.15, 0.2) is 12.1 Å². The minimum atomic E-state index is 0.427. The summed E-state index contributed by atoms with van der Waals surface area (Å²) in [5.41, 5.74) is 2.90. The molecule has 0 aliphatic carbocycles. The highest BCUT2D eigenvalue weighted by molar-refractivity contribution is 6.16. The minimum Gasteiger partial charge on any atom is -0.381 e. The van der Waals surface area contributed by atoms with Gasteiger partial charge in [0.1, 0.15) is 11.3 Å². The Morgan fingerprint density at radius 3 is 3.05 bits per heavy atom. The van der Waals surface area contributed by atoms with Crippen molar-refractivity contribution in [3.8, 4) is 0 Å². The van der Waals surface area contributed by atoms with Gasteiger partial charge in [0.25, 0.3) is 0 Å². The molecule has 2 aromatic heterocycles. The minimum absolute atomic E-state index is 0.427. The SMILES string of the molecule is Cc1ccc2nc(CCl)n(CCC3CCOC3)c2n1.